The first-order chi connectivity index (χ1) is 12.2. The highest BCUT2D eigenvalue weighted by Gasteiger charge is 2.22. The summed E-state index contributed by atoms with van der Waals surface area (Å²) in [5, 5.41) is 8.47. The van der Waals surface area contributed by atoms with Gasteiger partial charge in [-0.25, -0.2) is 4.98 Å². The number of aryl methyl sites for hydroxylation is 2. The molecule has 0 bridgehead atoms. The van der Waals surface area contributed by atoms with Crippen LogP contribution in [-0.4, -0.2) is 59.4 Å². The Kier molecular flexibility index (Phi) is 4.38. The molecule has 0 N–H and O–H groups in total. The molecule has 4 heterocycles. The van der Waals surface area contributed by atoms with Crippen molar-refractivity contribution in [1.82, 2.24) is 20.2 Å². The van der Waals surface area contributed by atoms with Crippen molar-refractivity contribution in [2.45, 2.75) is 26.7 Å². The van der Waals surface area contributed by atoms with E-state index in [0.717, 1.165) is 68.2 Å². The molecule has 2 aliphatic heterocycles. The third-order valence-corrected chi connectivity index (χ3v) is 4.93. The van der Waals surface area contributed by atoms with Crippen LogP contribution in [0.4, 0.5) is 17.6 Å². The van der Waals surface area contributed by atoms with E-state index in [1.54, 1.807) is 0 Å². The Morgan fingerprint density at radius 1 is 0.680 bits per heavy atom. The molecule has 2 aromatic heterocycles. The molecular formula is C18H25N7. The zero-order valence-corrected chi connectivity index (χ0v) is 15.0. The molecule has 2 saturated heterocycles. The van der Waals surface area contributed by atoms with E-state index in [1.807, 2.05) is 13.0 Å². The first-order valence-corrected chi connectivity index (χ1v) is 9.10. The molecule has 4 rings (SSSR count). The summed E-state index contributed by atoms with van der Waals surface area (Å²) in [4.78, 5) is 16.4. The summed E-state index contributed by atoms with van der Waals surface area (Å²) < 4.78 is 0. The first-order valence-electron chi connectivity index (χ1n) is 9.10. The second kappa shape index (κ2) is 6.82. The van der Waals surface area contributed by atoms with Gasteiger partial charge in [-0.15, -0.1) is 5.10 Å². The Morgan fingerprint density at radius 3 is 2.00 bits per heavy atom. The quantitative estimate of drug-likeness (QED) is 0.845. The lowest BCUT2D eigenvalue weighted by atomic mass is 10.3. The molecule has 2 fully saturated rings. The molecule has 2 aliphatic rings. The maximum Gasteiger partial charge on any atom is 0.227 e. The smallest absolute Gasteiger partial charge is 0.227 e. The zero-order chi connectivity index (χ0) is 17.2. The second-order valence-electron chi connectivity index (χ2n) is 6.87. The molecule has 0 atom stereocenters. The summed E-state index contributed by atoms with van der Waals surface area (Å²) in [7, 11) is 0. The number of piperazine rings is 1. The Morgan fingerprint density at radius 2 is 1.36 bits per heavy atom. The molecule has 0 spiro atoms. The van der Waals surface area contributed by atoms with Crippen molar-refractivity contribution in [3.05, 3.63) is 29.6 Å². The van der Waals surface area contributed by atoms with Crippen molar-refractivity contribution in [2.24, 2.45) is 0 Å². The molecule has 132 valence electrons. The third kappa shape index (κ3) is 3.50. The number of anilines is 3. The van der Waals surface area contributed by atoms with Gasteiger partial charge in [0.2, 0.25) is 5.95 Å². The fourth-order valence-electron chi connectivity index (χ4n) is 3.48. The molecule has 0 saturated carbocycles. The fourth-order valence-corrected chi connectivity index (χ4v) is 3.48. The summed E-state index contributed by atoms with van der Waals surface area (Å²) in [5.41, 5.74) is 1.99. The van der Waals surface area contributed by atoms with Gasteiger partial charge in [-0.1, -0.05) is 0 Å². The van der Waals surface area contributed by atoms with E-state index in [-0.39, 0.29) is 0 Å². The minimum atomic E-state index is 0.888. The number of hydrogen-bond donors (Lipinski definition) is 0. The van der Waals surface area contributed by atoms with Crippen LogP contribution in [0.1, 0.15) is 24.2 Å². The monoisotopic (exact) mass is 339 g/mol. The van der Waals surface area contributed by atoms with E-state index in [9.17, 15) is 0 Å². The van der Waals surface area contributed by atoms with E-state index in [1.165, 1.54) is 12.8 Å². The average molecular weight is 339 g/mol. The molecule has 0 aliphatic carbocycles. The fraction of sp³-hybridized carbons (Fsp3) is 0.556. The highest BCUT2D eigenvalue weighted by atomic mass is 15.3. The van der Waals surface area contributed by atoms with Crippen LogP contribution in [0.5, 0.6) is 0 Å². The largest absolute Gasteiger partial charge is 0.353 e. The van der Waals surface area contributed by atoms with Crippen molar-refractivity contribution in [3.63, 3.8) is 0 Å². The van der Waals surface area contributed by atoms with Gasteiger partial charge in [-0.3, -0.25) is 0 Å². The summed E-state index contributed by atoms with van der Waals surface area (Å²) in [6.45, 7) is 9.90. The van der Waals surface area contributed by atoms with Crippen LogP contribution in [0.15, 0.2) is 18.2 Å². The van der Waals surface area contributed by atoms with Gasteiger partial charge < -0.3 is 14.7 Å². The number of rotatable bonds is 3. The summed E-state index contributed by atoms with van der Waals surface area (Å²) >= 11 is 0. The molecule has 2 aromatic rings. The third-order valence-electron chi connectivity index (χ3n) is 4.93. The van der Waals surface area contributed by atoms with Crippen molar-refractivity contribution in [2.75, 3.05) is 54.0 Å². The predicted molar refractivity (Wildman–Crippen MR) is 99.4 cm³/mol. The Balaban J connectivity index is 1.46. The molecule has 7 nitrogen and oxygen atoms in total. The van der Waals surface area contributed by atoms with Gasteiger partial charge in [-0.2, -0.15) is 10.1 Å². The van der Waals surface area contributed by atoms with Crippen molar-refractivity contribution >= 4 is 17.6 Å². The summed E-state index contributed by atoms with van der Waals surface area (Å²) in [6.07, 6.45) is 2.48. The number of hydrogen-bond acceptors (Lipinski definition) is 7. The van der Waals surface area contributed by atoms with Gasteiger partial charge >= 0.3 is 0 Å². The van der Waals surface area contributed by atoms with Gasteiger partial charge in [-0.05, 0) is 38.8 Å². The Labute approximate surface area is 148 Å². The lowest BCUT2D eigenvalue weighted by Gasteiger charge is -2.36. The van der Waals surface area contributed by atoms with Crippen LogP contribution >= 0.6 is 0 Å². The van der Waals surface area contributed by atoms with Crippen LogP contribution in [-0.2, 0) is 0 Å². The lowest BCUT2D eigenvalue weighted by Crippen LogP contribution is -2.47. The maximum atomic E-state index is 4.84. The van der Waals surface area contributed by atoms with Gasteiger partial charge in [0.25, 0.3) is 0 Å². The van der Waals surface area contributed by atoms with Gasteiger partial charge in [0.1, 0.15) is 5.82 Å². The molecule has 0 aromatic carbocycles. The van der Waals surface area contributed by atoms with E-state index < -0.39 is 0 Å². The van der Waals surface area contributed by atoms with Crippen LogP contribution in [0, 0.1) is 13.8 Å². The number of aromatic nitrogens is 4. The highest BCUT2D eigenvalue weighted by molar-refractivity contribution is 5.48. The standard InChI is InChI=1S/C18H25N7/c1-14-5-6-16(22-21-14)23-9-11-24(12-10-23)17-13-15(2)19-18(20-17)25-7-3-4-8-25/h5-6,13H,3-4,7-12H2,1-2H3. The second-order valence-corrected chi connectivity index (χ2v) is 6.87. The lowest BCUT2D eigenvalue weighted by molar-refractivity contribution is 0.636. The highest BCUT2D eigenvalue weighted by Crippen LogP contribution is 2.22. The number of nitrogens with zero attached hydrogens (tertiary/aromatic N) is 7. The van der Waals surface area contributed by atoms with Crippen LogP contribution in [0.25, 0.3) is 0 Å². The topological polar surface area (TPSA) is 61.3 Å². The summed E-state index contributed by atoms with van der Waals surface area (Å²) in [5.74, 6) is 2.89. The van der Waals surface area contributed by atoms with Gasteiger partial charge in [0.05, 0.1) is 5.69 Å². The first kappa shape index (κ1) is 16.1. The zero-order valence-electron chi connectivity index (χ0n) is 15.0. The predicted octanol–water partition coefficient (Wildman–Crippen LogP) is 1.81. The molecular weight excluding hydrogens is 314 g/mol. The van der Waals surface area contributed by atoms with E-state index in [4.69, 9.17) is 4.98 Å². The maximum absolute atomic E-state index is 4.84. The molecule has 0 amide bonds. The minimum Gasteiger partial charge on any atom is -0.353 e. The van der Waals surface area contributed by atoms with E-state index in [0.29, 0.717) is 0 Å². The molecule has 7 heteroatoms. The van der Waals surface area contributed by atoms with Gasteiger partial charge in [0.15, 0.2) is 5.82 Å². The Bertz CT molecular complexity index is 717. The normalized spacial score (nSPS) is 18.1. The summed E-state index contributed by atoms with van der Waals surface area (Å²) in [6, 6.07) is 6.17. The molecule has 0 radical (unpaired) electrons. The molecule has 25 heavy (non-hydrogen) atoms. The SMILES string of the molecule is Cc1ccc(N2CCN(c3cc(C)nc(N4CCCC4)n3)CC2)nn1. The van der Waals surface area contributed by atoms with E-state index >= 15 is 0 Å². The Hall–Kier alpha value is -2.44. The molecule has 0 unspecified atom stereocenters. The van der Waals surface area contributed by atoms with Crippen molar-refractivity contribution < 1.29 is 0 Å². The van der Waals surface area contributed by atoms with Crippen molar-refractivity contribution in [1.29, 1.82) is 0 Å². The average Bonchev–Trinajstić information content (AvgIpc) is 3.17. The van der Waals surface area contributed by atoms with Crippen LogP contribution < -0.4 is 14.7 Å². The van der Waals surface area contributed by atoms with E-state index in [2.05, 4.69) is 48.9 Å². The van der Waals surface area contributed by atoms with Crippen molar-refractivity contribution in [3.8, 4) is 0 Å². The van der Waals surface area contributed by atoms with Crippen LogP contribution in [0.3, 0.4) is 0 Å². The minimum absolute atomic E-state index is 0.888. The van der Waals surface area contributed by atoms with Crippen LogP contribution in [0.2, 0.25) is 0 Å². The van der Waals surface area contributed by atoms with Gasteiger partial charge in [0, 0.05) is 51.0 Å².